The highest BCUT2D eigenvalue weighted by Crippen LogP contribution is 2.20. The summed E-state index contributed by atoms with van der Waals surface area (Å²) in [5.74, 6) is -0.311. The van der Waals surface area contributed by atoms with Crippen LogP contribution in [0.1, 0.15) is 18.4 Å². The smallest absolute Gasteiger partial charge is 0.234 e. The minimum atomic E-state index is -0.155. The second-order valence-corrected chi connectivity index (χ2v) is 3.81. The van der Waals surface area contributed by atoms with Crippen LogP contribution < -0.4 is 0 Å². The maximum atomic E-state index is 11.6. The van der Waals surface area contributed by atoms with Crippen molar-refractivity contribution in [3.8, 4) is 0 Å². The molecule has 17 heavy (non-hydrogen) atoms. The number of nitrogens with zero attached hydrogens (tertiary/aromatic N) is 1. The Morgan fingerprint density at radius 3 is 2.24 bits per heavy atom. The van der Waals surface area contributed by atoms with E-state index >= 15 is 0 Å². The Morgan fingerprint density at radius 2 is 1.71 bits per heavy atom. The van der Waals surface area contributed by atoms with Gasteiger partial charge < -0.3 is 0 Å². The Labute approximate surface area is 100 Å². The number of likely N-dealkylation sites (tertiary alicyclic amines) is 1. The molecule has 1 aromatic carbocycles. The largest absolute Gasteiger partial charge is 0.274 e. The second-order valence-electron chi connectivity index (χ2n) is 3.81. The van der Waals surface area contributed by atoms with Crippen molar-refractivity contribution < 1.29 is 9.59 Å². The Morgan fingerprint density at radius 1 is 1.12 bits per heavy atom. The zero-order chi connectivity index (χ0) is 12.3. The van der Waals surface area contributed by atoms with E-state index in [9.17, 15) is 9.59 Å². The molecule has 3 heteroatoms. The fraction of sp³-hybridized carbons (Fsp3) is 0.143. The minimum Gasteiger partial charge on any atom is -0.274 e. The van der Waals surface area contributed by atoms with Gasteiger partial charge in [-0.3, -0.25) is 14.5 Å². The maximum Gasteiger partial charge on any atom is 0.234 e. The zero-order valence-electron chi connectivity index (χ0n) is 9.43. The van der Waals surface area contributed by atoms with Crippen LogP contribution in [-0.4, -0.2) is 16.7 Å². The molecule has 1 aromatic rings. The third-order valence-corrected chi connectivity index (χ3v) is 2.63. The van der Waals surface area contributed by atoms with Gasteiger partial charge in [0.2, 0.25) is 11.8 Å². The average molecular weight is 227 g/mol. The molecule has 1 heterocycles. The van der Waals surface area contributed by atoms with E-state index in [0.717, 1.165) is 5.56 Å². The van der Waals surface area contributed by atoms with Crippen LogP contribution in [0, 0.1) is 0 Å². The van der Waals surface area contributed by atoms with Crippen LogP contribution in [0.25, 0.3) is 6.08 Å². The Balaban J connectivity index is 2.34. The van der Waals surface area contributed by atoms with Crippen LogP contribution in [0.5, 0.6) is 0 Å². The Bertz CT molecular complexity index is 472. The van der Waals surface area contributed by atoms with Crippen molar-refractivity contribution in [2.45, 2.75) is 12.8 Å². The van der Waals surface area contributed by atoms with E-state index in [1.54, 1.807) is 6.08 Å². The summed E-state index contributed by atoms with van der Waals surface area (Å²) in [7, 11) is 0. The Kier molecular flexibility index (Phi) is 3.19. The van der Waals surface area contributed by atoms with Crippen LogP contribution in [-0.2, 0) is 9.59 Å². The van der Waals surface area contributed by atoms with E-state index in [0.29, 0.717) is 18.5 Å². The monoisotopic (exact) mass is 227 g/mol. The number of amides is 2. The first-order chi connectivity index (χ1) is 8.22. The first-order valence-electron chi connectivity index (χ1n) is 5.47. The van der Waals surface area contributed by atoms with Crippen LogP contribution in [0.2, 0.25) is 0 Å². The summed E-state index contributed by atoms with van der Waals surface area (Å²) >= 11 is 0. The van der Waals surface area contributed by atoms with Gasteiger partial charge in [0, 0.05) is 12.8 Å². The number of carbonyl (C=O) groups is 2. The summed E-state index contributed by atoms with van der Waals surface area (Å²) in [5.41, 5.74) is 1.48. The van der Waals surface area contributed by atoms with E-state index in [1.807, 2.05) is 30.3 Å². The van der Waals surface area contributed by atoms with Crippen molar-refractivity contribution >= 4 is 17.9 Å². The van der Waals surface area contributed by atoms with Crippen molar-refractivity contribution in [1.29, 1.82) is 0 Å². The van der Waals surface area contributed by atoms with Gasteiger partial charge in [-0.05, 0) is 17.7 Å². The molecule has 0 radical (unpaired) electrons. The Hall–Kier alpha value is -2.16. The quantitative estimate of drug-likeness (QED) is 0.587. The van der Waals surface area contributed by atoms with Gasteiger partial charge in [0.15, 0.2) is 0 Å². The number of rotatable bonds is 3. The van der Waals surface area contributed by atoms with Crippen molar-refractivity contribution in [1.82, 2.24) is 4.90 Å². The number of hydrogen-bond donors (Lipinski definition) is 0. The molecule has 2 rings (SSSR count). The third-order valence-electron chi connectivity index (χ3n) is 2.63. The predicted octanol–water partition coefficient (Wildman–Crippen LogP) is 2.36. The second kappa shape index (κ2) is 4.78. The highest BCUT2D eigenvalue weighted by atomic mass is 16.2. The lowest BCUT2D eigenvalue weighted by Crippen LogP contribution is -2.27. The summed E-state index contributed by atoms with van der Waals surface area (Å²) in [6.45, 7) is 3.66. The van der Waals surface area contributed by atoms with Crippen molar-refractivity contribution in [3.63, 3.8) is 0 Å². The van der Waals surface area contributed by atoms with Crippen LogP contribution in [0.3, 0.4) is 0 Å². The van der Waals surface area contributed by atoms with Gasteiger partial charge in [-0.25, -0.2) is 0 Å². The van der Waals surface area contributed by atoms with E-state index < -0.39 is 0 Å². The maximum absolute atomic E-state index is 11.6. The van der Waals surface area contributed by atoms with E-state index in [4.69, 9.17) is 0 Å². The fourth-order valence-electron chi connectivity index (χ4n) is 1.80. The number of benzene rings is 1. The highest BCUT2D eigenvalue weighted by molar-refractivity contribution is 6.04. The molecule has 2 amide bonds. The molecule has 86 valence electrons. The van der Waals surface area contributed by atoms with Crippen molar-refractivity contribution in [2.75, 3.05) is 0 Å². The molecule has 3 nitrogen and oxygen atoms in total. The van der Waals surface area contributed by atoms with Gasteiger partial charge in [0.1, 0.15) is 0 Å². The topological polar surface area (TPSA) is 37.4 Å². The number of carbonyl (C=O) groups excluding carboxylic acids is 2. The van der Waals surface area contributed by atoms with Crippen LogP contribution in [0.4, 0.5) is 0 Å². The summed E-state index contributed by atoms with van der Waals surface area (Å²) < 4.78 is 0. The molecule has 1 fully saturated rings. The number of allylic oxidation sites excluding steroid dienone is 1. The lowest BCUT2D eigenvalue weighted by molar-refractivity contribution is -0.135. The van der Waals surface area contributed by atoms with Crippen LogP contribution >= 0.6 is 0 Å². The van der Waals surface area contributed by atoms with Gasteiger partial charge >= 0.3 is 0 Å². The van der Waals surface area contributed by atoms with E-state index in [-0.39, 0.29) is 11.8 Å². The molecule has 0 atom stereocenters. The van der Waals surface area contributed by atoms with Gasteiger partial charge in [0.25, 0.3) is 0 Å². The lowest BCUT2D eigenvalue weighted by Gasteiger charge is -2.14. The van der Waals surface area contributed by atoms with Gasteiger partial charge in [-0.2, -0.15) is 0 Å². The molecule has 1 saturated heterocycles. The molecular weight excluding hydrogens is 214 g/mol. The van der Waals surface area contributed by atoms with E-state index in [2.05, 4.69) is 6.58 Å². The molecule has 0 spiro atoms. The highest BCUT2D eigenvalue weighted by Gasteiger charge is 2.30. The molecule has 0 aliphatic carbocycles. The minimum absolute atomic E-state index is 0.155. The summed E-state index contributed by atoms with van der Waals surface area (Å²) in [6.07, 6.45) is 3.90. The van der Waals surface area contributed by atoms with E-state index in [1.165, 1.54) is 11.0 Å². The molecule has 0 bridgehead atoms. The van der Waals surface area contributed by atoms with Gasteiger partial charge in [-0.15, -0.1) is 0 Å². The van der Waals surface area contributed by atoms with Gasteiger partial charge in [-0.1, -0.05) is 36.9 Å². The first kappa shape index (κ1) is 11.3. The lowest BCUT2D eigenvalue weighted by atomic mass is 10.2. The molecule has 0 N–H and O–H groups in total. The summed E-state index contributed by atoms with van der Waals surface area (Å²) in [6, 6.07) is 9.54. The van der Waals surface area contributed by atoms with Gasteiger partial charge in [0.05, 0.1) is 5.70 Å². The SMILES string of the molecule is C=C/C(=C\c1ccccc1)N1C(=O)CCC1=O. The standard InChI is InChI=1S/C14H13NO2/c1-2-12(10-11-6-4-3-5-7-11)15-13(16)8-9-14(15)17/h2-7,10H,1,8-9H2/b12-10+. The van der Waals surface area contributed by atoms with Crippen LogP contribution in [0.15, 0.2) is 48.7 Å². The third kappa shape index (κ3) is 2.33. The number of imide groups is 1. The van der Waals surface area contributed by atoms with Crippen molar-refractivity contribution in [2.24, 2.45) is 0 Å². The molecule has 0 unspecified atom stereocenters. The fourth-order valence-corrected chi connectivity index (χ4v) is 1.80. The number of hydrogen-bond acceptors (Lipinski definition) is 2. The molecular formula is C14H13NO2. The molecule has 0 aromatic heterocycles. The normalized spacial score (nSPS) is 16.5. The molecule has 1 aliphatic rings. The molecule has 1 aliphatic heterocycles. The first-order valence-corrected chi connectivity index (χ1v) is 5.47. The predicted molar refractivity (Wildman–Crippen MR) is 65.7 cm³/mol. The van der Waals surface area contributed by atoms with Crippen molar-refractivity contribution in [3.05, 3.63) is 54.2 Å². The average Bonchev–Trinajstić information content (AvgIpc) is 2.68. The summed E-state index contributed by atoms with van der Waals surface area (Å²) in [5, 5.41) is 0. The zero-order valence-corrected chi connectivity index (χ0v) is 9.43. The molecule has 0 saturated carbocycles. The summed E-state index contributed by atoms with van der Waals surface area (Å²) in [4.78, 5) is 24.4.